The first-order chi connectivity index (χ1) is 10.1. The Balaban J connectivity index is 2.28. The van der Waals surface area contributed by atoms with Crippen LogP contribution in [-0.4, -0.2) is 17.3 Å². The number of hydrogen-bond acceptors (Lipinski definition) is 3. The number of ketones is 1. The van der Waals surface area contributed by atoms with Crippen LogP contribution in [0.1, 0.15) is 28.8 Å². The predicted octanol–water partition coefficient (Wildman–Crippen LogP) is 3.57. The Kier molecular flexibility index (Phi) is 4.82. The highest BCUT2D eigenvalue weighted by Gasteiger charge is 2.30. The lowest BCUT2D eigenvalue weighted by Gasteiger charge is -2.20. The van der Waals surface area contributed by atoms with E-state index < -0.39 is 11.8 Å². The topological polar surface area (TPSA) is 60.2 Å². The normalized spacial score (nSPS) is 13.4. The Morgan fingerprint density at radius 3 is 2.10 bits per heavy atom. The van der Waals surface area contributed by atoms with Gasteiger partial charge in [-0.1, -0.05) is 67.6 Å². The van der Waals surface area contributed by atoms with Crippen molar-refractivity contribution in [2.45, 2.75) is 12.8 Å². The lowest BCUT2D eigenvalue weighted by atomic mass is 9.82. The second-order valence-electron chi connectivity index (χ2n) is 5.05. The van der Waals surface area contributed by atoms with E-state index in [9.17, 15) is 14.9 Å². The van der Waals surface area contributed by atoms with Crippen molar-refractivity contribution in [3.63, 3.8) is 0 Å². The van der Waals surface area contributed by atoms with Crippen LogP contribution < -0.4 is 0 Å². The van der Waals surface area contributed by atoms with Crippen LogP contribution >= 0.6 is 0 Å². The molecule has 0 aliphatic heterocycles. The molecule has 0 N–H and O–H groups in total. The maximum Gasteiger partial charge on any atom is 0.211 e. The number of nitrogens with zero attached hydrogens (tertiary/aromatic N) is 1. The molecule has 0 saturated carbocycles. The van der Waals surface area contributed by atoms with Crippen molar-refractivity contribution in [2.24, 2.45) is 5.92 Å². The summed E-state index contributed by atoms with van der Waals surface area (Å²) in [6, 6.07) is 18.1. The Hall–Kier alpha value is -2.49. The molecule has 0 bridgehead atoms. The summed E-state index contributed by atoms with van der Waals surface area (Å²) >= 11 is 0. The summed E-state index contributed by atoms with van der Waals surface area (Å²) in [5.74, 6) is -0.930. The van der Waals surface area contributed by atoms with E-state index in [2.05, 4.69) is 0 Å². The summed E-state index contributed by atoms with van der Waals surface area (Å²) in [6.45, 7) is 1.51. The average Bonchev–Trinajstić information content (AvgIpc) is 2.53. The summed E-state index contributed by atoms with van der Waals surface area (Å²) in [5, 5.41) is 10.9. The Morgan fingerprint density at radius 1 is 1.05 bits per heavy atom. The van der Waals surface area contributed by atoms with Crippen molar-refractivity contribution in [1.29, 1.82) is 0 Å². The molecular formula is C17H17NO3. The Bertz CT molecular complexity index is 610. The SMILES string of the molecule is CC(C(=O)c1ccccc1)C(C[N+](=O)[O-])c1ccccc1. The number of rotatable bonds is 6. The largest absolute Gasteiger partial charge is 0.294 e. The molecule has 2 atom stereocenters. The molecule has 2 aromatic rings. The van der Waals surface area contributed by atoms with E-state index in [4.69, 9.17) is 0 Å². The second-order valence-corrected chi connectivity index (χ2v) is 5.05. The van der Waals surface area contributed by atoms with Gasteiger partial charge in [0, 0.05) is 16.4 Å². The molecule has 0 fully saturated rings. The Labute approximate surface area is 123 Å². The zero-order chi connectivity index (χ0) is 15.2. The molecule has 0 heterocycles. The zero-order valence-electron chi connectivity index (χ0n) is 11.8. The van der Waals surface area contributed by atoms with Gasteiger partial charge in [-0.25, -0.2) is 0 Å². The van der Waals surface area contributed by atoms with E-state index in [-0.39, 0.29) is 17.3 Å². The molecule has 108 valence electrons. The molecule has 0 saturated heterocycles. The minimum absolute atomic E-state index is 0.0636. The van der Waals surface area contributed by atoms with Gasteiger partial charge in [-0.3, -0.25) is 14.9 Å². The third-order valence-corrected chi connectivity index (χ3v) is 3.65. The van der Waals surface area contributed by atoms with Crippen molar-refractivity contribution in [2.75, 3.05) is 6.54 Å². The highest BCUT2D eigenvalue weighted by molar-refractivity contribution is 5.98. The van der Waals surface area contributed by atoms with Gasteiger partial charge in [0.15, 0.2) is 5.78 Å². The number of carbonyl (C=O) groups is 1. The van der Waals surface area contributed by atoms with E-state index in [1.165, 1.54) is 0 Å². The third-order valence-electron chi connectivity index (χ3n) is 3.65. The van der Waals surface area contributed by atoms with Crippen LogP contribution in [0.4, 0.5) is 0 Å². The molecule has 0 amide bonds. The fraction of sp³-hybridized carbons (Fsp3) is 0.235. The molecule has 0 spiro atoms. The van der Waals surface area contributed by atoms with Gasteiger partial charge in [0.1, 0.15) is 0 Å². The maximum atomic E-state index is 12.5. The van der Waals surface area contributed by atoms with Gasteiger partial charge in [-0.2, -0.15) is 0 Å². The van der Waals surface area contributed by atoms with Crippen molar-refractivity contribution in [3.8, 4) is 0 Å². The van der Waals surface area contributed by atoms with Crippen molar-refractivity contribution >= 4 is 5.78 Å². The van der Waals surface area contributed by atoms with Gasteiger partial charge in [0.2, 0.25) is 6.54 Å². The van der Waals surface area contributed by atoms with Crippen LogP contribution in [0, 0.1) is 16.0 Å². The first-order valence-electron chi connectivity index (χ1n) is 6.85. The molecule has 21 heavy (non-hydrogen) atoms. The fourth-order valence-electron chi connectivity index (χ4n) is 2.46. The number of hydrogen-bond donors (Lipinski definition) is 0. The maximum absolute atomic E-state index is 12.5. The molecule has 2 aromatic carbocycles. The van der Waals surface area contributed by atoms with E-state index >= 15 is 0 Å². The van der Waals surface area contributed by atoms with E-state index in [1.807, 2.05) is 36.4 Å². The van der Waals surface area contributed by atoms with Crippen molar-refractivity contribution in [3.05, 3.63) is 81.9 Å². The molecular weight excluding hydrogens is 266 g/mol. The summed E-state index contributed by atoms with van der Waals surface area (Å²) in [5.41, 5.74) is 1.42. The number of nitro groups is 1. The number of benzene rings is 2. The summed E-state index contributed by atoms with van der Waals surface area (Å²) in [6.07, 6.45) is 0. The molecule has 2 unspecified atom stereocenters. The monoisotopic (exact) mass is 283 g/mol. The molecule has 2 rings (SSSR count). The van der Waals surface area contributed by atoms with Gasteiger partial charge in [0.05, 0.1) is 5.92 Å². The lowest BCUT2D eigenvalue weighted by Crippen LogP contribution is -2.25. The third kappa shape index (κ3) is 3.75. The number of Topliss-reactive ketones (excluding diaryl/α,β-unsaturated/α-hetero) is 1. The predicted molar refractivity (Wildman–Crippen MR) is 81.0 cm³/mol. The van der Waals surface area contributed by atoms with Crippen LogP contribution in [0.5, 0.6) is 0 Å². The van der Waals surface area contributed by atoms with Gasteiger partial charge < -0.3 is 0 Å². The smallest absolute Gasteiger partial charge is 0.211 e. The summed E-state index contributed by atoms with van der Waals surface area (Å²) in [4.78, 5) is 23.1. The number of carbonyl (C=O) groups excluding carboxylic acids is 1. The van der Waals surface area contributed by atoms with Gasteiger partial charge in [-0.05, 0) is 5.56 Å². The van der Waals surface area contributed by atoms with Gasteiger partial charge in [0.25, 0.3) is 0 Å². The van der Waals surface area contributed by atoms with Gasteiger partial charge in [-0.15, -0.1) is 0 Å². The van der Waals surface area contributed by atoms with E-state index in [1.54, 1.807) is 31.2 Å². The molecule has 0 aromatic heterocycles. The summed E-state index contributed by atoms with van der Waals surface area (Å²) < 4.78 is 0. The fourth-order valence-corrected chi connectivity index (χ4v) is 2.46. The molecule has 4 heteroatoms. The van der Waals surface area contributed by atoms with Crippen LogP contribution in [0.25, 0.3) is 0 Å². The van der Waals surface area contributed by atoms with Crippen LogP contribution in [0.3, 0.4) is 0 Å². The highest BCUT2D eigenvalue weighted by Crippen LogP contribution is 2.27. The van der Waals surface area contributed by atoms with Crippen molar-refractivity contribution in [1.82, 2.24) is 0 Å². The summed E-state index contributed by atoms with van der Waals surface area (Å²) in [7, 11) is 0. The van der Waals surface area contributed by atoms with Gasteiger partial charge >= 0.3 is 0 Å². The van der Waals surface area contributed by atoms with E-state index in [0.29, 0.717) is 5.56 Å². The van der Waals surface area contributed by atoms with E-state index in [0.717, 1.165) is 5.56 Å². The minimum atomic E-state index is -0.444. The molecule has 4 nitrogen and oxygen atoms in total. The molecule has 0 radical (unpaired) electrons. The molecule has 0 aliphatic carbocycles. The highest BCUT2D eigenvalue weighted by atomic mass is 16.6. The van der Waals surface area contributed by atoms with Crippen LogP contribution in [-0.2, 0) is 0 Å². The first-order valence-corrected chi connectivity index (χ1v) is 6.85. The standard InChI is InChI=1S/C17H17NO3/c1-13(17(19)15-10-6-3-7-11-15)16(12-18(20)21)14-8-4-2-5-9-14/h2-11,13,16H,12H2,1H3. The molecule has 0 aliphatic rings. The van der Waals surface area contributed by atoms with Crippen LogP contribution in [0.15, 0.2) is 60.7 Å². The van der Waals surface area contributed by atoms with Crippen molar-refractivity contribution < 1.29 is 9.72 Å². The quantitative estimate of drug-likeness (QED) is 0.462. The zero-order valence-corrected chi connectivity index (χ0v) is 11.8. The lowest BCUT2D eigenvalue weighted by molar-refractivity contribution is -0.484. The second kappa shape index (κ2) is 6.79. The van der Waals surface area contributed by atoms with Crippen LogP contribution in [0.2, 0.25) is 0 Å². The first kappa shape index (κ1) is 14.9. The Morgan fingerprint density at radius 2 is 1.57 bits per heavy atom. The average molecular weight is 283 g/mol. The minimum Gasteiger partial charge on any atom is -0.294 e.